The average molecular weight is 277 g/mol. The van der Waals surface area contributed by atoms with Gasteiger partial charge in [-0.25, -0.2) is 0 Å². The van der Waals surface area contributed by atoms with E-state index in [1.807, 2.05) is 0 Å². The van der Waals surface area contributed by atoms with E-state index in [9.17, 15) is 14.9 Å². The Morgan fingerprint density at radius 1 is 1.65 bits per heavy atom. The number of carboxylic acids is 1. The summed E-state index contributed by atoms with van der Waals surface area (Å²) in [7, 11) is 0. The van der Waals surface area contributed by atoms with Crippen LogP contribution in [0.4, 0.5) is 5.69 Å². The molecule has 1 aromatic rings. The number of hydrogen-bond acceptors (Lipinski definition) is 5. The largest absolute Gasteiger partial charge is 0.480 e. The number of benzene rings is 1. The molecule has 0 saturated carbocycles. The molecule has 0 aliphatic carbocycles. The molecule has 17 heavy (non-hydrogen) atoms. The zero-order valence-corrected chi connectivity index (χ0v) is 10.1. The Hall–Kier alpha value is -1.31. The summed E-state index contributed by atoms with van der Waals surface area (Å²) in [5, 5.41) is 19.3. The first-order valence-corrected chi connectivity index (χ1v) is 5.83. The lowest BCUT2D eigenvalue weighted by Crippen LogP contribution is -2.32. The van der Waals surface area contributed by atoms with Gasteiger partial charge >= 0.3 is 5.97 Å². The summed E-state index contributed by atoms with van der Waals surface area (Å²) in [6, 6.07) is 3.00. The molecule has 0 spiro atoms. The van der Waals surface area contributed by atoms with Crippen molar-refractivity contribution in [1.82, 2.24) is 0 Å². The first kappa shape index (κ1) is 13.8. The fraction of sp³-hybridized carbons (Fsp3) is 0.222. The smallest absolute Gasteiger partial charge is 0.321 e. The van der Waals surface area contributed by atoms with Crippen LogP contribution in [0.15, 0.2) is 23.1 Å². The van der Waals surface area contributed by atoms with Gasteiger partial charge in [-0.2, -0.15) is 0 Å². The molecule has 0 aromatic heterocycles. The number of halogens is 1. The van der Waals surface area contributed by atoms with Crippen LogP contribution in [-0.4, -0.2) is 27.8 Å². The fourth-order valence-corrected chi connectivity index (χ4v) is 2.17. The van der Waals surface area contributed by atoms with Crippen LogP contribution in [0.1, 0.15) is 0 Å². The predicted octanol–water partition coefficient (Wildman–Crippen LogP) is 1.75. The molecule has 0 fully saturated rings. The SMILES string of the molecule is NC(CSc1ccc([N+](=O)[O-])cc1Cl)C(=O)O. The van der Waals surface area contributed by atoms with Gasteiger partial charge < -0.3 is 10.8 Å². The summed E-state index contributed by atoms with van der Waals surface area (Å²) in [6.45, 7) is 0. The van der Waals surface area contributed by atoms with Gasteiger partial charge in [-0.15, -0.1) is 11.8 Å². The van der Waals surface area contributed by atoms with E-state index in [2.05, 4.69) is 0 Å². The normalized spacial score (nSPS) is 12.1. The minimum absolute atomic E-state index is 0.109. The number of aliphatic carboxylic acids is 1. The van der Waals surface area contributed by atoms with Crippen molar-refractivity contribution < 1.29 is 14.8 Å². The second-order valence-electron chi connectivity index (χ2n) is 3.13. The highest BCUT2D eigenvalue weighted by Crippen LogP contribution is 2.30. The van der Waals surface area contributed by atoms with Crippen molar-refractivity contribution in [2.45, 2.75) is 10.9 Å². The van der Waals surface area contributed by atoms with E-state index in [1.165, 1.54) is 18.2 Å². The van der Waals surface area contributed by atoms with Crippen LogP contribution in [0.2, 0.25) is 5.02 Å². The van der Waals surface area contributed by atoms with Gasteiger partial charge in [0, 0.05) is 22.8 Å². The molecule has 1 aromatic carbocycles. The maximum Gasteiger partial charge on any atom is 0.321 e. The van der Waals surface area contributed by atoms with Gasteiger partial charge in [-0.1, -0.05) is 11.6 Å². The van der Waals surface area contributed by atoms with Gasteiger partial charge in [0.15, 0.2) is 0 Å². The highest BCUT2D eigenvalue weighted by molar-refractivity contribution is 7.99. The lowest BCUT2D eigenvalue weighted by atomic mass is 10.3. The van der Waals surface area contributed by atoms with E-state index >= 15 is 0 Å². The lowest BCUT2D eigenvalue weighted by molar-refractivity contribution is -0.384. The molecular weight excluding hydrogens is 268 g/mol. The van der Waals surface area contributed by atoms with Gasteiger partial charge in [0.25, 0.3) is 5.69 Å². The number of nitrogens with two attached hydrogens (primary N) is 1. The van der Waals surface area contributed by atoms with E-state index in [-0.39, 0.29) is 16.5 Å². The van der Waals surface area contributed by atoms with Crippen LogP contribution in [0.3, 0.4) is 0 Å². The quantitative estimate of drug-likeness (QED) is 0.482. The molecule has 0 saturated heterocycles. The number of nitro groups is 1. The van der Waals surface area contributed by atoms with Crippen molar-refractivity contribution in [3.8, 4) is 0 Å². The van der Waals surface area contributed by atoms with Gasteiger partial charge in [0.1, 0.15) is 6.04 Å². The molecule has 0 radical (unpaired) electrons. The number of nitro benzene ring substituents is 1. The van der Waals surface area contributed by atoms with Crippen molar-refractivity contribution in [3.63, 3.8) is 0 Å². The molecule has 92 valence electrons. The monoisotopic (exact) mass is 276 g/mol. The molecule has 6 nitrogen and oxygen atoms in total. The van der Waals surface area contributed by atoms with Crippen LogP contribution >= 0.6 is 23.4 Å². The third-order valence-corrected chi connectivity index (χ3v) is 3.48. The molecule has 3 N–H and O–H groups in total. The first-order valence-electron chi connectivity index (χ1n) is 4.47. The minimum atomic E-state index is -1.10. The summed E-state index contributed by atoms with van der Waals surface area (Å²) in [5.41, 5.74) is 5.21. The van der Waals surface area contributed by atoms with E-state index in [1.54, 1.807) is 0 Å². The maximum absolute atomic E-state index is 10.5. The standard InChI is InChI=1S/C9H9ClN2O4S/c10-6-3-5(12(15)16)1-2-8(6)17-4-7(11)9(13)14/h1-3,7H,4,11H2,(H,13,14). The summed E-state index contributed by atoms with van der Waals surface area (Å²) >= 11 is 6.97. The summed E-state index contributed by atoms with van der Waals surface area (Å²) in [4.78, 5) is 21.0. The second kappa shape index (κ2) is 5.85. The number of nitrogens with zero attached hydrogens (tertiary/aromatic N) is 1. The van der Waals surface area contributed by atoms with Crippen molar-refractivity contribution in [3.05, 3.63) is 33.3 Å². The average Bonchev–Trinajstić information content (AvgIpc) is 2.26. The molecule has 8 heteroatoms. The summed E-state index contributed by atoms with van der Waals surface area (Å²) in [6.07, 6.45) is 0. The van der Waals surface area contributed by atoms with E-state index in [4.69, 9.17) is 22.4 Å². The number of carbonyl (C=O) groups is 1. The van der Waals surface area contributed by atoms with E-state index in [0.29, 0.717) is 4.90 Å². The summed E-state index contributed by atoms with van der Waals surface area (Å²) in [5.74, 6) is -0.956. The topological polar surface area (TPSA) is 106 Å². The van der Waals surface area contributed by atoms with Crippen LogP contribution in [-0.2, 0) is 4.79 Å². The van der Waals surface area contributed by atoms with Crippen LogP contribution in [0.5, 0.6) is 0 Å². The minimum Gasteiger partial charge on any atom is -0.480 e. The van der Waals surface area contributed by atoms with Crippen LogP contribution in [0, 0.1) is 10.1 Å². The van der Waals surface area contributed by atoms with Crippen LogP contribution < -0.4 is 5.73 Å². The number of rotatable bonds is 5. The Kier molecular flexibility index (Phi) is 4.73. The van der Waals surface area contributed by atoms with Gasteiger partial charge in [-0.05, 0) is 6.07 Å². The fourth-order valence-electron chi connectivity index (χ4n) is 0.971. The number of non-ortho nitro benzene ring substituents is 1. The van der Waals surface area contributed by atoms with Crippen molar-refractivity contribution >= 4 is 35.0 Å². The first-order chi connectivity index (χ1) is 7.91. The Labute approximate surface area is 106 Å². The number of hydrogen-bond donors (Lipinski definition) is 2. The molecule has 1 rings (SSSR count). The summed E-state index contributed by atoms with van der Waals surface area (Å²) < 4.78 is 0. The van der Waals surface area contributed by atoms with Gasteiger partial charge in [0.2, 0.25) is 0 Å². The van der Waals surface area contributed by atoms with Crippen molar-refractivity contribution in [2.24, 2.45) is 5.73 Å². The Morgan fingerprint density at radius 3 is 2.76 bits per heavy atom. The molecule has 0 bridgehead atoms. The number of thioether (sulfide) groups is 1. The third kappa shape index (κ3) is 3.88. The highest BCUT2D eigenvalue weighted by atomic mass is 35.5. The van der Waals surface area contributed by atoms with Crippen molar-refractivity contribution in [1.29, 1.82) is 0 Å². The zero-order chi connectivity index (χ0) is 13.0. The lowest BCUT2D eigenvalue weighted by Gasteiger charge is -2.07. The maximum atomic E-state index is 10.5. The highest BCUT2D eigenvalue weighted by Gasteiger charge is 2.14. The molecular formula is C9H9ClN2O4S. The molecule has 1 unspecified atom stereocenters. The van der Waals surface area contributed by atoms with Gasteiger partial charge in [0.05, 0.1) is 9.95 Å². The third-order valence-electron chi connectivity index (χ3n) is 1.86. The zero-order valence-electron chi connectivity index (χ0n) is 8.50. The van der Waals surface area contributed by atoms with E-state index < -0.39 is 16.9 Å². The molecule has 0 aliphatic heterocycles. The molecule has 1 atom stereocenters. The molecule has 0 amide bonds. The Balaban J connectivity index is 2.73. The number of carboxylic acid groups (broad SMARTS) is 1. The molecule has 0 aliphatic rings. The Bertz CT molecular complexity index is 455. The predicted molar refractivity (Wildman–Crippen MR) is 64.4 cm³/mol. The van der Waals surface area contributed by atoms with Crippen molar-refractivity contribution in [2.75, 3.05) is 5.75 Å². The second-order valence-corrected chi connectivity index (χ2v) is 4.60. The van der Waals surface area contributed by atoms with Gasteiger partial charge in [-0.3, -0.25) is 14.9 Å². The van der Waals surface area contributed by atoms with Crippen LogP contribution in [0.25, 0.3) is 0 Å². The van der Waals surface area contributed by atoms with E-state index in [0.717, 1.165) is 11.8 Å². The molecule has 0 heterocycles. The Morgan fingerprint density at radius 2 is 2.29 bits per heavy atom.